The molecule has 0 bridgehead atoms. The molecule has 104 valence electrons. The van der Waals surface area contributed by atoms with E-state index in [4.69, 9.17) is 4.74 Å². The topological polar surface area (TPSA) is 40.4 Å². The lowest BCUT2D eigenvalue weighted by molar-refractivity contribution is 0.0377. The van der Waals surface area contributed by atoms with E-state index < -0.39 is 0 Å². The van der Waals surface area contributed by atoms with Crippen LogP contribution in [0.5, 0.6) is 0 Å². The van der Waals surface area contributed by atoms with Gasteiger partial charge in [-0.05, 0) is 33.5 Å². The van der Waals surface area contributed by atoms with Crippen molar-refractivity contribution in [3.8, 4) is 0 Å². The second-order valence-corrected chi connectivity index (χ2v) is 4.83. The molecule has 0 aromatic heterocycles. The molecular weight excluding hydrogens is 228 g/mol. The molecule has 1 heterocycles. The maximum absolute atomic E-state index is 5.30. The van der Waals surface area contributed by atoms with Gasteiger partial charge in [0.15, 0.2) is 0 Å². The van der Waals surface area contributed by atoms with Crippen molar-refractivity contribution in [1.82, 2.24) is 9.80 Å². The first-order valence-corrected chi connectivity index (χ1v) is 6.82. The zero-order valence-corrected chi connectivity index (χ0v) is 11.8. The number of aliphatic imine (C=N–C) groups is 2. The van der Waals surface area contributed by atoms with Crippen LogP contribution in [0.3, 0.4) is 0 Å². The lowest BCUT2D eigenvalue weighted by atomic mass is 10.3. The second-order valence-electron chi connectivity index (χ2n) is 4.83. The van der Waals surface area contributed by atoms with Crippen LogP contribution in [-0.2, 0) is 4.74 Å². The Labute approximate surface area is 111 Å². The Kier molecular flexibility index (Phi) is 8.69. The maximum Gasteiger partial charge on any atom is 0.0892 e. The lowest BCUT2D eigenvalue weighted by Gasteiger charge is -2.25. The minimum Gasteiger partial charge on any atom is -0.379 e. The van der Waals surface area contributed by atoms with Crippen molar-refractivity contribution in [2.24, 2.45) is 9.98 Å². The first-order valence-electron chi connectivity index (χ1n) is 6.82. The molecule has 18 heavy (non-hydrogen) atoms. The van der Waals surface area contributed by atoms with Crippen LogP contribution in [0.2, 0.25) is 0 Å². The number of hydrogen-bond acceptors (Lipinski definition) is 5. The molecule has 0 aliphatic carbocycles. The molecule has 1 aliphatic heterocycles. The number of rotatable bonds is 8. The Balaban J connectivity index is 1.94. The summed E-state index contributed by atoms with van der Waals surface area (Å²) in [4.78, 5) is 12.9. The van der Waals surface area contributed by atoms with Crippen LogP contribution in [-0.4, -0.2) is 82.4 Å². The van der Waals surface area contributed by atoms with E-state index in [9.17, 15) is 0 Å². The molecule has 0 amide bonds. The van der Waals surface area contributed by atoms with Gasteiger partial charge < -0.3 is 9.64 Å². The Bertz CT molecular complexity index is 256. The van der Waals surface area contributed by atoms with Gasteiger partial charge in [-0.1, -0.05) is 0 Å². The van der Waals surface area contributed by atoms with Crippen LogP contribution in [0.25, 0.3) is 0 Å². The van der Waals surface area contributed by atoms with Crippen molar-refractivity contribution < 1.29 is 4.74 Å². The summed E-state index contributed by atoms with van der Waals surface area (Å²) >= 11 is 0. The van der Waals surface area contributed by atoms with E-state index in [1.165, 1.54) is 0 Å². The van der Waals surface area contributed by atoms with Crippen LogP contribution >= 0.6 is 0 Å². The molecule has 0 atom stereocenters. The summed E-state index contributed by atoms with van der Waals surface area (Å²) in [5, 5.41) is 0. The van der Waals surface area contributed by atoms with E-state index in [2.05, 4.69) is 39.9 Å². The first-order chi connectivity index (χ1) is 8.79. The molecule has 0 aromatic rings. The molecule has 0 aromatic carbocycles. The molecule has 5 nitrogen and oxygen atoms in total. The summed E-state index contributed by atoms with van der Waals surface area (Å²) in [6.45, 7) is 7.69. The molecule has 0 unspecified atom stereocenters. The van der Waals surface area contributed by atoms with Gasteiger partial charge in [0.2, 0.25) is 0 Å². The van der Waals surface area contributed by atoms with Crippen molar-refractivity contribution in [2.45, 2.75) is 12.8 Å². The highest BCUT2D eigenvalue weighted by Gasteiger charge is 2.08. The number of morpholine rings is 1. The average Bonchev–Trinajstić information content (AvgIpc) is 2.37. The van der Waals surface area contributed by atoms with Gasteiger partial charge in [-0.2, -0.15) is 0 Å². The van der Waals surface area contributed by atoms with Gasteiger partial charge in [0.1, 0.15) is 0 Å². The normalized spacial score (nSPS) is 16.6. The van der Waals surface area contributed by atoms with E-state index in [0.717, 1.165) is 65.3 Å². The van der Waals surface area contributed by atoms with Gasteiger partial charge >= 0.3 is 0 Å². The highest BCUT2D eigenvalue weighted by atomic mass is 16.5. The number of ether oxygens (including phenoxy) is 1. The molecule has 1 rings (SSSR count). The largest absolute Gasteiger partial charge is 0.379 e. The molecule has 0 spiro atoms. The molecule has 1 aliphatic rings. The molecule has 5 heteroatoms. The first kappa shape index (κ1) is 15.3. The maximum atomic E-state index is 5.30. The molecular formula is C13H26N4O. The van der Waals surface area contributed by atoms with E-state index >= 15 is 0 Å². The van der Waals surface area contributed by atoms with Crippen LogP contribution in [0.1, 0.15) is 12.8 Å². The van der Waals surface area contributed by atoms with Crippen LogP contribution in [0, 0.1) is 0 Å². The van der Waals surface area contributed by atoms with E-state index in [1.54, 1.807) is 0 Å². The minimum absolute atomic E-state index is 0.825. The average molecular weight is 254 g/mol. The Morgan fingerprint density at radius 1 is 1.11 bits per heavy atom. The van der Waals surface area contributed by atoms with Gasteiger partial charge in [-0.3, -0.25) is 4.90 Å². The second kappa shape index (κ2) is 10.2. The summed E-state index contributed by atoms with van der Waals surface area (Å²) in [6.07, 6.45) is 2.16. The van der Waals surface area contributed by atoms with Crippen LogP contribution in [0.4, 0.5) is 0 Å². The standard InChI is InChI=1S/C13H26N4O/c1-16(2)7-3-5-14-13-15-6-4-8-17-9-11-18-12-10-17/h3-12H2,1-2H3. The summed E-state index contributed by atoms with van der Waals surface area (Å²) in [5.74, 6) is 0. The van der Waals surface area contributed by atoms with Crippen molar-refractivity contribution in [2.75, 3.05) is 66.6 Å². The highest BCUT2D eigenvalue weighted by Crippen LogP contribution is 1.97. The quantitative estimate of drug-likeness (QED) is 0.476. The fraction of sp³-hybridized carbons (Fsp3) is 0.923. The number of nitrogens with zero attached hydrogens (tertiary/aromatic N) is 4. The Morgan fingerprint density at radius 3 is 2.44 bits per heavy atom. The van der Waals surface area contributed by atoms with Crippen molar-refractivity contribution in [1.29, 1.82) is 0 Å². The fourth-order valence-electron chi connectivity index (χ4n) is 1.81. The molecule has 0 N–H and O–H groups in total. The monoisotopic (exact) mass is 254 g/mol. The van der Waals surface area contributed by atoms with Crippen molar-refractivity contribution in [3.63, 3.8) is 0 Å². The SMILES string of the molecule is CN(C)CCCN=C=NCCCN1CCOCC1. The fourth-order valence-corrected chi connectivity index (χ4v) is 1.81. The predicted molar refractivity (Wildman–Crippen MR) is 74.6 cm³/mol. The summed E-state index contributed by atoms with van der Waals surface area (Å²) < 4.78 is 5.30. The highest BCUT2D eigenvalue weighted by molar-refractivity contribution is 5.40. The molecule has 0 saturated carbocycles. The summed E-state index contributed by atoms with van der Waals surface area (Å²) in [5.41, 5.74) is 0. The molecule has 1 fully saturated rings. The zero-order valence-electron chi connectivity index (χ0n) is 11.8. The third kappa shape index (κ3) is 8.37. The van der Waals surface area contributed by atoms with Crippen LogP contribution < -0.4 is 0 Å². The minimum atomic E-state index is 0.825. The van der Waals surface area contributed by atoms with E-state index in [1.807, 2.05) is 0 Å². The summed E-state index contributed by atoms with van der Waals surface area (Å²) in [7, 11) is 4.15. The lowest BCUT2D eigenvalue weighted by Crippen LogP contribution is -2.37. The smallest absolute Gasteiger partial charge is 0.0892 e. The molecule has 1 saturated heterocycles. The van der Waals surface area contributed by atoms with Gasteiger partial charge in [0.05, 0.1) is 32.3 Å². The van der Waals surface area contributed by atoms with Gasteiger partial charge in [0, 0.05) is 19.6 Å². The molecule has 0 radical (unpaired) electrons. The predicted octanol–water partition coefficient (Wildman–Crippen LogP) is 0.834. The number of hydrogen-bond donors (Lipinski definition) is 0. The Hall–Kier alpha value is -0.740. The Morgan fingerprint density at radius 2 is 1.78 bits per heavy atom. The zero-order chi connectivity index (χ0) is 13.1. The van der Waals surface area contributed by atoms with Gasteiger partial charge in [-0.25, -0.2) is 9.98 Å². The van der Waals surface area contributed by atoms with Crippen molar-refractivity contribution >= 4 is 6.01 Å². The third-order valence-electron chi connectivity index (χ3n) is 2.86. The van der Waals surface area contributed by atoms with E-state index in [-0.39, 0.29) is 0 Å². The van der Waals surface area contributed by atoms with Gasteiger partial charge in [-0.15, -0.1) is 0 Å². The van der Waals surface area contributed by atoms with Crippen LogP contribution in [0.15, 0.2) is 9.98 Å². The third-order valence-corrected chi connectivity index (χ3v) is 2.86. The van der Waals surface area contributed by atoms with Crippen molar-refractivity contribution in [3.05, 3.63) is 0 Å². The van der Waals surface area contributed by atoms with Gasteiger partial charge in [0.25, 0.3) is 0 Å². The summed E-state index contributed by atoms with van der Waals surface area (Å²) in [6, 6.07) is 2.79. The van der Waals surface area contributed by atoms with E-state index in [0.29, 0.717) is 0 Å².